The Morgan fingerprint density at radius 3 is 2.16 bits per heavy atom. The van der Waals surface area contributed by atoms with Crippen molar-refractivity contribution in [2.24, 2.45) is 0 Å². The predicted molar refractivity (Wildman–Crippen MR) is 78.8 cm³/mol. The largest absolute Gasteiger partial charge is 0.384 e. The molecule has 0 spiro atoms. The fourth-order valence-corrected chi connectivity index (χ4v) is 2.83. The van der Waals surface area contributed by atoms with Crippen LogP contribution in [0.25, 0.3) is 0 Å². The van der Waals surface area contributed by atoms with Gasteiger partial charge in [0.2, 0.25) is 0 Å². The summed E-state index contributed by atoms with van der Waals surface area (Å²) in [6.07, 6.45) is -0.936. The Kier molecular flexibility index (Phi) is 4.07. The maximum Gasteiger partial charge on any atom is 0.130 e. The zero-order valence-electron chi connectivity index (χ0n) is 11.2. The van der Waals surface area contributed by atoms with E-state index in [1.165, 1.54) is 6.07 Å². The molecule has 1 nitrogen and oxygen atoms in total. The molecular formula is C16H16BrFO. The van der Waals surface area contributed by atoms with Crippen LogP contribution in [-0.2, 0) is 0 Å². The van der Waals surface area contributed by atoms with Crippen molar-refractivity contribution in [1.82, 2.24) is 0 Å². The van der Waals surface area contributed by atoms with E-state index in [1.54, 1.807) is 12.1 Å². The van der Waals surface area contributed by atoms with Crippen LogP contribution in [0, 0.1) is 26.6 Å². The molecule has 0 aliphatic heterocycles. The van der Waals surface area contributed by atoms with Gasteiger partial charge >= 0.3 is 0 Å². The Bertz CT molecular complexity index is 599. The third-order valence-electron chi connectivity index (χ3n) is 3.27. The molecule has 1 atom stereocenters. The van der Waals surface area contributed by atoms with Gasteiger partial charge in [0.25, 0.3) is 0 Å². The number of halogens is 2. The minimum atomic E-state index is -0.936. The highest BCUT2D eigenvalue weighted by atomic mass is 79.9. The molecule has 0 aliphatic rings. The van der Waals surface area contributed by atoms with Gasteiger partial charge in [0.1, 0.15) is 11.9 Å². The van der Waals surface area contributed by atoms with E-state index in [2.05, 4.69) is 15.9 Å². The third kappa shape index (κ3) is 2.88. The number of benzene rings is 2. The second kappa shape index (κ2) is 5.43. The molecule has 0 aromatic heterocycles. The summed E-state index contributed by atoms with van der Waals surface area (Å²) in [5.41, 5.74) is 4.19. The van der Waals surface area contributed by atoms with E-state index in [9.17, 15) is 9.50 Å². The van der Waals surface area contributed by atoms with Crippen LogP contribution in [0.1, 0.15) is 33.9 Å². The first-order chi connectivity index (χ1) is 8.90. The number of hydrogen-bond acceptors (Lipinski definition) is 1. The van der Waals surface area contributed by atoms with Gasteiger partial charge in [-0.15, -0.1) is 0 Å². The molecule has 1 N–H and O–H groups in total. The Hall–Kier alpha value is -1.19. The molecule has 100 valence electrons. The molecule has 0 radical (unpaired) electrons. The number of hydrogen-bond donors (Lipinski definition) is 1. The Balaban J connectivity index is 2.53. The zero-order valence-corrected chi connectivity index (χ0v) is 12.8. The second-order valence-corrected chi connectivity index (χ2v) is 5.80. The molecule has 2 rings (SSSR count). The summed E-state index contributed by atoms with van der Waals surface area (Å²) in [7, 11) is 0. The van der Waals surface area contributed by atoms with E-state index >= 15 is 0 Å². The van der Waals surface area contributed by atoms with Crippen molar-refractivity contribution in [3.05, 3.63) is 68.4 Å². The fourth-order valence-electron chi connectivity index (χ4n) is 2.50. The molecule has 0 bridgehead atoms. The van der Waals surface area contributed by atoms with Crippen molar-refractivity contribution >= 4 is 15.9 Å². The van der Waals surface area contributed by atoms with E-state index < -0.39 is 11.9 Å². The average molecular weight is 323 g/mol. The molecule has 0 amide bonds. The first-order valence-electron chi connectivity index (χ1n) is 6.11. The van der Waals surface area contributed by atoms with Crippen molar-refractivity contribution in [2.75, 3.05) is 0 Å². The Morgan fingerprint density at radius 2 is 1.63 bits per heavy atom. The van der Waals surface area contributed by atoms with Crippen molar-refractivity contribution in [3.63, 3.8) is 0 Å². The standard InChI is InChI=1S/C16H16BrFO/c1-9-6-10(2)15(11(3)7-9)16(19)13-5-4-12(17)8-14(13)18/h4-8,16,19H,1-3H3. The van der Waals surface area contributed by atoms with E-state index in [-0.39, 0.29) is 0 Å². The van der Waals surface area contributed by atoms with Gasteiger partial charge in [0.15, 0.2) is 0 Å². The lowest BCUT2D eigenvalue weighted by Gasteiger charge is -2.18. The van der Waals surface area contributed by atoms with Crippen LogP contribution in [0.5, 0.6) is 0 Å². The Morgan fingerprint density at radius 1 is 1.05 bits per heavy atom. The van der Waals surface area contributed by atoms with Crippen molar-refractivity contribution in [1.29, 1.82) is 0 Å². The summed E-state index contributed by atoms with van der Waals surface area (Å²) in [6.45, 7) is 5.89. The maximum absolute atomic E-state index is 13.9. The van der Waals surface area contributed by atoms with E-state index in [1.807, 2.05) is 32.9 Å². The lowest BCUT2D eigenvalue weighted by molar-refractivity contribution is 0.213. The van der Waals surface area contributed by atoms with Crippen molar-refractivity contribution in [3.8, 4) is 0 Å². The summed E-state index contributed by atoms with van der Waals surface area (Å²) in [4.78, 5) is 0. The molecule has 1 unspecified atom stereocenters. The summed E-state index contributed by atoms with van der Waals surface area (Å²) in [5, 5.41) is 10.5. The highest BCUT2D eigenvalue weighted by Crippen LogP contribution is 2.31. The van der Waals surface area contributed by atoms with Gasteiger partial charge in [-0.3, -0.25) is 0 Å². The van der Waals surface area contributed by atoms with E-state index in [0.29, 0.717) is 10.0 Å². The molecule has 0 aliphatic carbocycles. The van der Waals surface area contributed by atoms with Gasteiger partial charge in [-0.25, -0.2) is 4.39 Å². The molecule has 0 heterocycles. The van der Waals surface area contributed by atoms with Crippen LogP contribution < -0.4 is 0 Å². The van der Waals surface area contributed by atoms with Gasteiger partial charge in [-0.05, 0) is 49.6 Å². The lowest BCUT2D eigenvalue weighted by atomic mass is 9.92. The van der Waals surface area contributed by atoms with Crippen LogP contribution in [0.4, 0.5) is 4.39 Å². The molecule has 19 heavy (non-hydrogen) atoms. The van der Waals surface area contributed by atoms with Crippen LogP contribution in [0.2, 0.25) is 0 Å². The molecule has 3 heteroatoms. The van der Waals surface area contributed by atoms with Crippen LogP contribution >= 0.6 is 15.9 Å². The normalized spacial score (nSPS) is 12.5. The molecular weight excluding hydrogens is 307 g/mol. The Labute approximate surface area is 121 Å². The molecule has 0 saturated heterocycles. The summed E-state index contributed by atoms with van der Waals surface area (Å²) >= 11 is 3.22. The van der Waals surface area contributed by atoms with Gasteiger partial charge in [0, 0.05) is 10.0 Å². The first-order valence-corrected chi connectivity index (χ1v) is 6.90. The van der Waals surface area contributed by atoms with E-state index in [4.69, 9.17) is 0 Å². The zero-order chi connectivity index (χ0) is 14.2. The number of aliphatic hydroxyl groups excluding tert-OH is 1. The first kappa shape index (κ1) is 14.2. The number of aryl methyl sites for hydroxylation is 3. The monoisotopic (exact) mass is 322 g/mol. The van der Waals surface area contributed by atoms with Gasteiger partial charge < -0.3 is 5.11 Å². The number of rotatable bonds is 2. The molecule has 2 aromatic rings. The summed E-state index contributed by atoms with van der Waals surface area (Å²) in [6, 6.07) is 8.73. The highest BCUT2D eigenvalue weighted by molar-refractivity contribution is 9.10. The van der Waals surface area contributed by atoms with Gasteiger partial charge in [-0.1, -0.05) is 39.7 Å². The maximum atomic E-state index is 13.9. The third-order valence-corrected chi connectivity index (χ3v) is 3.76. The summed E-state index contributed by atoms with van der Waals surface area (Å²) < 4.78 is 14.6. The highest BCUT2D eigenvalue weighted by Gasteiger charge is 2.19. The smallest absolute Gasteiger partial charge is 0.130 e. The molecule has 2 aromatic carbocycles. The molecule has 0 saturated carbocycles. The fraction of sp³-hybridized carbons (Fsp3) is 0.250. The number of aliphatic hydroxyl groups is 1. The predicted octanol–water partition coefficient (Wildman–Crippen LogP) is 4.60. The van der Waals surface area contributed by atoms with Gasteiger partial charge in [-0.2, -0.15) is 0 Å². The minimum Gasteiger partial charge on any atom is -0.384 e. The van der Waals surface area contributed by atoms with Crippen LogP contribution in [-0.4, -0.2) is 5.11 Å². The summed E-state index contributed by atoms with van der Waals surface area (Å²) in [5.74, 6) is -0.402. The van der Waals surface area contributed by atoms with Gasteiger partial charge in [0.05, 0.1) is 0 Å². The SMILES string of the molecule is Cc1cc(C)c(C(O)c2ccc(Br)cc2F)c(C)c1. The second-order valence-electron chi connectivity index (χ2n) is 4.88. The lowest BCUT2D eigenvalue weighted by Crippen LogP contribution is -2.07. The van der Waals surface area contributed by atoms with Crippen LogP contribution in [0.3, 0.4) is 0 Å². The molecule has 0 fully saturated rings. The average Bonchev–Trinajstić information content (AvgIpc) is 2.26. The topological polar surface area (TPSA) is 20.2 Å². The minimum absolute atomic E-state index is 0.304. The van der Waals surface area contributed by atoms with E-state index in [0.717, 1.165) is 22.3 Å². The quantitative estimate of drug-likeness (QED) is 0.857. The van der Waals surface area contributed by atoms with Crippen molar-refractivity contribution in [2.45, 2.75) is 26.9 Å². The van der Waals surface area contributed by atoms with Crippen molar-refractivity contribution < 1.29 is 9.50 Å². The van der Waals surface area contributed by atoms with Crippen LogP contribution in [0.15, 0.2) is 34.8 Å².